The molecule has 134 valence electrons. The molecule has 0 heterocycles. The highest BCUT2D eigenvalue weighted by atomic mass is 35.5. The second kappa shape index (κ2) is 7.95. The Morgan fingerprint density at radius 1 is 1.16 bits per heavy atom. The van der Waals surface area contributed by atoms with E-state index in [1.54, 1.807) is 19.1 Å². The first-order chi connectivity index (χ1) is 11.7. The Bertz CT molecular complexity index is 865. The molecule has 1 atom stereocenters. The minimum atomic E-state index is -3.31. The van der Waals surface area contributed by atoms with Crippen molar-refractivity contribution in [2.45, 2.75) is 25.0 Å². The van der Waals surface area contributed by atoms with Crippen LogP contribution in [0.15, 0.2) is 57.6 Å². The molecular formula is C17H20ClN3O3S. The van der Waals surface area contributed by atoms with Crippen molar-refractivity contribution in [1.29, 1.82) is 0 Å². The molecule has 2 aromatic carbocycles. The van der Waals surface area contributed by atoms with Gasteiger partial charge in [-0.25, -0.2) is 8.42 Å². The predicted octanol–water partition coefficient (Wildman–Crippen LogP) is 4.32. The van der Waals surface area contributed by atoms with Gasteiger partial charge in [0.25, 0.3) is 0 Å². The number of halogens is 1. The molecule has 8 heteroatoms. The molecule has 0 aromatic heterocycles. The van der Waals surface area contributed by atoms with Gasteiger partial charge < -0.3 is 10.0 Å². The SMILES string of the molecule is CCN(c1ccc(N=Nc2ccc(S(C)(=O)=O)cc2Cl)cc1)C(C)O. The van der Waals surface area contributed by atoms with E-state index in [0.717, 1.165) is 11.9 Å². The third-order valence-electron chi connectivity index (χ3n) is 3.59. The van der Waals surface area contributed by atoms with Crippen molar-refractivity contribution in [3.63, 3.8) is 0 Å². The van der Waals surface area contributed by atoms with Gasteiger partial charge in [-0.1, -0.05) is 11.6 Å². The minimum absolute atomic E-state index is 0.138. The highest BCUT2D eigenvalue weighted by molar-refractivity contribution is 7.90. The van der Waals surface area contributed by atoms with Gasteiger partial charge in [0.1, 0.15) is 11.9 Å². The van der Waals surface area contributed by atoms with Gasteiger partial charge in [0.15, 0.2) is 9.84 Å². The summed E-state index contributed by atoms with van der Waals surface area (Å²) in [6.45, 7) is 4.35. The zero-order valence-corrected chi connectivity index (χ0v) is 15.8. The van der Waals surface area contributed by atoms with Crippen molar-refractivity contribution in [1.82, 2.24) is 0 Å². The second-order valence-electron chi connectivity index (χ2n) is 5.52. The fourth-order valence-corrected chi connectivity index (χ4v) is 3.21. The van der Waals surface area contributed by atoms with Crippen molar-refractivity contribution >= 4 is 38.5 Å². The Morgan fingerprint density at radius 3 is 2.28 bits per heavy atom. The molecule has 0 bridgehead atoms. The van der Waals surface area contributed by atoms with E-state index in [9.17, 15) is 13.5 Å². The Hall–Kier alpha value is -1.96. The number of anilines is 1. The van der Waals surface area contributed by atoms with Crippen molar-refractivity contribution in [2.75, 3.05) is 17.7 Å². The zero-order valence-electron chi connectivity index (χ0n) is 14.2. The van der Waals surface area contributed by atoms with Crippen LogP contribution in [0.2, 0.25) is 5.02 Å². The van der Waals surface area contributed by atoms with Crippen LogP contribution >= 0.6 is 11.6 Å². The van der Waals surface area contributed by atoms with Crippen LogP contribution in [0, 0.1) is 0 Å². The minimum Gasteiger partial charge on any atom is -0.374 e. The summed E-state index contributed by atoms with van der Waals surface area (Å²) in [5, 5.41) is 18.1. The molecule has 0 spiro atoms. The van der Waals surface area contributed by atoms with Crippen molar-refractivity contribution in [2.24, 2.45) is 10.2 Å². The van der Waals surface area contributed by atoms with E-state index in [0.29, 0.717) is 17.9 Å². The molecule has 0 aliphatic carbocycles. The van der Waals surface area contributed by atoms with Crippen LogP contribution in [0.5, 0.6) is 0 Å². The van der Waals surface area contributed by atoms with E-state index in [-0.39, 0.29) is 9.92 Å². The Labute approximate surface area is 152 Å². The molecule has 0 saturated carbocycles. The van der Waals surface area contributed by atoms with Crippen LogP contribution in [-0.4, -0.2) is 32.6 Å². The van der Waals surface area contributed by atoms with Gasteiger partial charge in [-0.15, -0.1) is 5.11 Å². The maximum Gasteiger partial charge on any atom is 0.175 e. The second-order valence-corrected chi connectivity index (χ2v) is 7.94. The molecule has 0 fully saturated rings. The van der Waals surface area contributed by atoms with Crippen LogP contribution in [0.1, 0.15) is 13.8 Å². The molecule has 6 nitrogen and oxygen atoms in total. The smallest absolute Gasteiger partial charge is 0.175 e. The van der Waals surface area contributed by atoms with Crippen molar-refractivity contribution in [3.8, 4) is 0 Å². The lowest BCUT2D eigenvalue weighted by molar-refractivity contribution is 0.190. The molecule has 1 unspecified atom stereocenters. The normalized spacial score (nSPS) is 13.2. The number of hydrogen-bond acceptors (Lipinski definition) is 6. The molecular weight excluding hydrogens is 362 g/mol. The molecule has 0 aliphatic rings. The first-order valence-electron chi connectivity index (χ1n) is 7.68. The lowest BCUT2D eigenvalue weighted by atomic mass is 10.2. The quantitative estimate of drug-likeness (QED) is 0.596. The number of sulfone groups is 1. The monoisotopic (exact) mass is 381 g/mol. The number of hydrogen-bond donors (Lipinski definition) is 1. The summed E-state index contributed by atoms with van der Waals surface area (Å²) >= 11 is 6.07. The lowest BCUT2D eigenvalue weighted by Crippen LogP contribution is -2.32. The topological polar surface area (TPSA) is 82.3 Å². The lowest BCUT2D eigenvalue weighted by Gasteiger charge is -2.26. The van der Waals surface area contributed by atoms with E-state index in [1.165, 1.54) is 18.2 Å². The number of benzene rings is 2. The van der Waals surface area contributed by atoms with E-state index < -0.39 is 16.1 Å². The number of rotatable bonds is 6. The van der Waals surface area contributed by atoms with Gasteiger partial charge in [0.05, 0.1) is 15.6 Å². The maximum atomic E-state index is 11.5. The van der Waals surface area contributed by atoms with Gasteiger partial charge in [-0.05, 0) is 56.3 Å². The van der Waals surface area contributed by atoms with Crippen molar-refractivity contribution < 1.29 is 13.5 Å². The summed E-state index contributed by atoms with van der Waals surface area (Å²) in [5.41, 5.74) is 1.89. The average molecular weight is 382 g/mol. The van der Waals surface area contributed by atoms with Crippen molar-refractivity contribution in [3.05, 3.63) is 47.5 Å². The van der Waals surface area contributed by atoms with Crippen LogP contribution in [0.4, 0.5) is 17.1 Å². The zero-order chi connectivity index (χ0) is 18.6. The standard InChI is InChI=1S/C17H20ClN3O3S/c1-4-21(12(2)22)14-7-5-13(6-8-14)19-20-17-10-9-15(11-16(17)18)25(3,23)24/h5-12,22H,4H2,1-3H3. The number of nitrogens with zero attached hydrogens (tertiary/aromatic N) is 3. The summed E-state index contributed by atoms with van der Waals surface area (Å²) in [4.78, 5) is 1.97. The summed E-state index contributed by atoms with van der Waals surface area (Å²) < 4.78 is 23.0. The fourth-order valence-electron chi connectivity index (χ4n) is 2.28. The Morgan fingerprint density at radius 2 is 1.80 bits per heavy atom. The molecule has 2 rings (SSSR count). The molecule has 2 aromatic rings. The fraction of sp³-hybridized carbons (Fsp3) is 0.294. The van der Waals surface area contributed by atoms with Gasteiger partial charge >= 0.3 is 0 Å². The summed E-state index contributed by atoms with van der Waals surface area (Å²) in [6, 6.07) is 11.6. The predicted molar refractivity (Wildman–Crippen MR) is 99.9 cm³/mol. The van der Waals surface area contributed by atoms with Gasteiger partial charge in [-0.2, -0.15) is 5.11 Å². The number of aliphatic hydroxyl groups excluding tert-OH is 1. The van der Waals surface area contributed by atoms with E-state index in [2.05, 4.69) is 10.2 Å². The van der Waals surface area contributed by atoms with Crippen LogP contribution in [0.25, 0.3) is 0 Å². The van der Waals surface area contributed by atoms with Gasteiger partial charge in [-0.3, -0.25) is 0 Å². The first kappa shape index (κ1) is 19.4. The van der Waals surface area contributed by atoms with Crippen LogP contribution < -0.4 is 4.90 Å². The Kier molecular flexibility index (Phi) is 6.16. The van der Waals surface area contributed by atoms with E-state index in [4.69, 9.17) is 11.6 Å². The number of aliphatic hydroxyl groups is 1. The molecule has 1 N–H and O–H groups in total. The first-order valence-corrected chi connectivity index (χ1v) is 9.95. The average Bonchev–Trinajstić information content (AvgIpc) is 2.54. The van der Waals surface area contributed by atoms with Gasteiger partial charge in [0.2, 0.25) is 0 Å². The van der Waals surface area contributed by atoms with E-state index >= 15 is 0 Å². The van der Waals surface area contributed by atoms with Crippen LogP contribution in [0.3, 0.4) is 0 Å². The maximum absolute atomic E-state index is 11.5. The summed E-state index contributed by atoms with van der Waals surface area (Å²) in [7, 11) is -3.31. The molecule has 0 aliphatic heterocycles. The molecule has 0 radical (unpaired) electrons. The van der Waals surface area contributed by atoms with E-state index in [1.807, 2.05) is 24.0 Å². The molecule has 25 heavy (non-hydrogen) atoms. The highest BCUT2D eigenvalue weighted by Crippen LogP contribution is 2.29. The number of azo groups is 1. The Balaban J connectivity index is 2.20. The van der Waals surface area contributed by atoms with Crippen LogP contribution in [-0.2, 0) is 9.84 Å². The highest BCUT2D eigenvalue weighted by Gasteiger charge is 2.10. The van der Waals surface area contributed by atoms with Gasteiger partial charge in [0, 0.05) is 18.5 Å². The molecule has 0 amide bonds. The third kappa shape index (κ3) is 5.01. The largest absolute Gasteiger partial charge is 0.374 e. The third-order valence-corrected chi connectivity index (χ3v) is 5.01. The molecule has 0 saturated heterocycles. The summed E-state index contributed by atoms with van der Waals surface area (Å²) in [5.74, 6) is 0. The summed E-state index contributed by atoms with van der Waals surface area (Å²) in [6.07, 6.45) is 0.540.